The van der Waals surface area contributed by atoms with Crippen LogP contribution in [0.2, 0.25) is 0 Å². The molecule has 1 amide bonds. The van der Waals surface area contributed by atoms with Crippen LogP contribution in [0.5, 0.6) is 0 Å². The van der Waals surface area contributed by atoms with Crippen LogP contribution in [0.4, 0.5) is 4.79 Å². The average Bonchev–Trinajstić information content (AvgIpc) is 2.10. The smallest absolute Gasteiger partial charge is 0.408 e. The van der Waals surface area contributed by atoms with Gasteiger partial charge < -0.3 is 10.1 Å². The van der Waals surface area contributed by atoms with Gasteiger partial charge in [0.25, 0.3) is 0 Å². The van der Waals surface area contributed by atoms with Crippen LogP contribution in [-0.4, -0.2) is 27.6 Å². The first-order valence-corrected chi connectivity index (χ1v) is 6.71. The van der Waals surface area contributed by atoms with Crippen molar-refractivity contribution in [1.82, 2.24) is 5.32 Å². The molecule has 0 radical (unpaired) electrons. The van der Waals surface area contributed by atoms with Crippen molar-refractivity contribution in [2.45, 2.75) is 29.4 Å². The van der Waals surface area contributed by atoms with Gasteiger partial charge in [-0.1, -0.05) is 41.7 Å². The summed E-state index contributed by atoms with van der Waals surface area (Å²) in [6, 6.07) is 0. The number of ether oxygens (including phenoxy) is 1. The maximum atomic E-state index is 11.1. The van der Waals surface area contributed by atoms with Crippen LogP contribution >= 0.6 is 46.6 Å². The minimum absolute atomic E-state index is 0.289. The Labute approximate surface area is 109 Å². The maximum Gasteiger partial charge on any atom is 0.408 e. The van der Waals surface area contributed by atoms with E-state index < -0.39 is 15.3 Å². The molecule has 0 rings (SSSR count). The summed E-state index contributed by atoms with van der Waals surface area (Å²) in [4.78, 5) is 11.1. The summed E-state index contributed by atoms with van der Waals surface area (Å²) in [5, 5.41) is 1.90. The number of hydrogen-bond acceptors (Lipinski definition) is 3. The summed E-state index contributed by atoms with van der Waals surface area (Å²) in [6.45, 7) is 4.01. The number of alkyl carbamates (subject to hydrolysis) is 1. The second-order valence-corrected chi connectivity index (χ2v) is 6.24. The summed E-state index contributed by atoms with van der Waals surface area (Å²) < 4.78 is 3.17. The molecule has 1 N–H and O–H groups in total. The van der Waals surface area contributed by atoms with Crippen LogP contribution in [0.1, 0.15) is 20.3 Å². The van der Waals surface area contributed by atoms with Gasteiger partial charge in [0.15, 0.2) is 0 Å². The lowest BCUT2D eigenvalue weighted by Gasteiger charge is -2.24. The van der Waals surface area contributed by atoms with Crippen molar-refractivity contribution in [3.63, 3.8) is 0 Å². The highest BCUT2D eigenvalue weighted by molar-refractivity contribution is 8.00. The van der Waals surface area contributed by atoms with Crippen molar-refractivity contribution in [1.29, 1.82) is 0 Å². The Morgan fingerprint density at radius 3 is 2.47 bits per heavy atom. The van der Waals surface area contributed by atoms with Gasteiger partial charge in [0.2, 0.25) is 3.79 Å². The van der Waals surface area contributed by atoms with Gasteiger partial charge in [0.1, 0.15) is 5.37 Å². The fraction of sp³-hybridized carbons (Fsp3) is 0.875. The van der Waals surface area contributed by atoms with E-state index in [9.17, 15) is 4.79 Å². The Balaban J connectivity index is 4.18. The fourth-order valence-corrected chi connectivity index (χ4v) is 2.30. The number of thioether (sulfide) groups is 1. The molecule has 15 heavy (non-hydrogen) atoms. The SMILES string of the molecule is CCCSC(NC(=O)OCC)C(Cl)(Cl)Cl. The first-order chi connectivity index (χ1) is 6.91. The standard InChI is InChI=1S/C8H14Cl3NO2S/c1-3-5-15-6(8(9,10)11)12-7(13)14-4-2/h6H,3-5H2,1-2H3,(H,12,13). The third-order valence-electron chi connectivity index (χ3n) is 1.31. The molecule has 1 unspecified atom stereocenters. The lowest BCUT2D eigenvalue weighted by atomic mass is 10.6. The molecule has 0 aliphatic heterocycles. The van der Waals surface area contributed by atoms with Crippen LogP contribution in [-0.2, 0) is 4.74 Å². The first kappa shape index (κ1) is 15.5. The number of halogens is 3. The van der Waals surface area contributed by atoms with Gasteiger partial charge in [-0.25, -0.2) is 4.79 Å². The molecule has 0 fully saturated rings. The zero-order chi connectivity index (χ0) is 11.9. The van der Waals surface area contributed by atoms with Crippen LogP contribution in [0, 0.1) is 0 Å². The van der Waals surface area contributed by atoms with E-state index in [0.717, 1.165) is 12.2 Å². The van der Waals surface area contributed by atoms with Gasteiger partial charge in [-0.05, 0) is 19.1 Å². The second-order valence-electron chi connectivity index (χ2n) is 2.66. The minimum Gasteiger partial charge on any atom is -0.450 e. The maximum absolute atomic E-state index is 11.1. The summed E-state index contributed by atoms with van der Waals surface area (Å²) in [5.41, 5.74) is 0. The summed E-state index contributed by atoms with van der Waals surface area (Å²) in [6.07, 6.45) is 0.365. The third kappa shape index (κ3) is 7.39. The quantitative estimate of drug-likeness (QED) is 0.622. The van der Waals surface area contributed by atoms with Gasteiger partial charge in [-0.15, -0.1) is 11.8 Å². The van der Waals surface area contributed by atoms with Crippen LogP contribution < -0.4 is 5.32 Å². The number of hydrogen-bond donors (Lipinski definition) is 1. The van der Waals surface area contributed by atoms with E-state index in [-0.39, 0.29) is 6.61 Å². The molecular formula is C8H14Cl3NO2S. The van der Waals surface area contributed by atoms with E-state index in [4.69, 9.17) is 39.5 Å². The molecule has 3 nitrogen and oxygen atoms in total. The molecule has 0 bridgehead atoms. The van der Waals surface area contributed by atoms with E-state index in [2.05, 4.69) is 5.32 Å². The normalized spacial score (nSPS) is 13.4. The van der Waals surface area contributed by atoms with E-state index in [1.807, 2.05) is 6.92 Å². The molecule has 0 aliphatic carbocycles. The molecule has 0 saturated carbocycles. The van der Waals surface area contributed by atoms with Crippen LogP contribution in [0.3, 0.4) is 0 Å². The third-order valence-corrected chi connectivity index (χ3v) is 3.80. The molecule has 90 valence electrons. The van der Waals surface area contributed by atoms with Crippen molar-refractivity contribution in [3.8, 4) is 0 Å². The number of nitrogens with one attached hydrogen (secondary N) is 1. The fourth-order valence-electron chi connectivity index (χ4n) is 0.733. The van der Waals surface area contributed by atoms with Crippen molar-refractivity contribution in [2.75, 3.05) is 12.4 Å². The number of rotatable bonds is 5. The average molecular weight is 295 g/mol. The molecule has 0 aromatic heterocycles. The Hall–Kier alpha value is 0.490. The van der Waals surface area contributed by atoms with Crippen LogP contribution in [0.25, 0.3) is 0 Å². The zero-order valence-corrected chi connectivity index (χ0v) is 11.6. The lowest BCUT2D eigenvalue weighted by Crippen LogP contribution is -2.41. The van der Waals surface area contributed by atoms with Crippen molar-refractivity contribution in [3.05, 3.63) is 0 Å². The van der Waals surface area contributed by atoms with Crippen molar-refractivity contribution in [2.24, 2.45) is 0 Å². The van der Waals surface area contributed by atoms with Crippen LogP contribution in [0.15, 0.2) is 0 Å². The Kier molecular flexibility index (Phi) is 7.96. The largest absolute Gasteiger partial charge is 0.450 e. The highest BCUT2D eigenvalue weighted by atomic mass is 35.6. The minimum atomic E-state index is -1.54. The van der Waals surface area contributed by atoms with E-state index in [1.165, 1.54) is 11.8 Å². The second kappa shape index (κ2) is 7.71. The molecule has 0 aromatic rings. The molecule has 0 aliphatic rings. The highest BCUT2D eigenvalue weighted by Crippen LogP contribution is 2.36. The molecule has 1 atom stereocenters. The summed E-state index contributed by atoms with van der Waals surface area (Å²) in [5.74, 6) is 0.797. The Morgan fingerprint density at radius 2 is 2.07 bits per heavy atom. The number of amides is 1. The Bertz CT molecular complexity index is 199. The van der Waals surface area contributed by atoms with Gasteiger partial charge in [-0.2, -0.15) is 0 Å². The number of carbonyl (C=O) groups is 1. The van der Waals surface area contributed by atoms with E-state index >= 15 is 0 Å². The predicted octanol–water partition coefficient (Wildman–Crippen LogP) is 3.57. The molecule has 0 saturated heterocycles. The first-order valence-electron chi connectivity index (χ1n) is 4.53. The van der Waals surface area contributed by atoms with Crippen molar-refractivity contribution < 1.29 is 9.53 Å². The Morgan fingerprint density at radius 1 is 1.47 bits per heavy atom. The molecule has 0 heterocycles. The van der Waals surface area contributed by atoms with Gasteiger partial charge >= 0.3 is 6.09 Å². The van der Waals surface area contributed by atoms with Crippen molar-refractivity contribution >= 4 is 52.7 Å². The van der Waals surface area contributed by atoms with Gasteiger partial charge in [0, 0.05) is 0 Å². The lowest BCUT2D eigenvalue weighted by molar-refractivity contribution is 0.151. The monoisotopic (exact) mass is 293 g/mol. The highest BCUT2D eigenvalue weighted by Gasteiger charge is 2.34. The number of carbonyl (C=O) groups excluding carboxylic acids is 1. The van der Waals surface area contributed by atoms with E-state index in [0.29, 0.717) is 0 Å². The van der Waals surface area contributed by atoms with E-state index in [1.54, 1.807) is 6.92 Å². The number of alkyl halides is 3. The molecule has 7 heteroatoms. The van der Waals surface area contributed by atoms with Gasteiger partial charge in [0.05, 0.1) is 6.61 Å². The molecule has 0 spiro atoms. The molecule has 0 aromatic carbocycles. The summed E-state index contributed by atoms with van der Waals surface area (Å²) in [7, 11) is 0. The molecular weight excluding hydrogens is 281 g/mol. The topological polar surface area (TPSA) is 38.3 Å². The zero-order valence-electron chi connectivity index (χ0n) is 8.56. The predicted molar refractivity (Wildman–Crippen MR) is 67.0 cm³/mol. The van der Waals surface area contributed by atoms with Gasteiger partial charge in [-0.3, -0.25) is 0 Å². The summed E-state index contributed by atoms with van der Waals surface area (Å²) >= 11 is 18.5.